The first-order valence-corrected chi connectivity index (χ1v) is 10.5. The van der Waals surface area contributed by atoms with Crippen molar-refractivity contribution in [1.82, 2.24) is 9.78 Å². The molecule has 31 heavy (non-hydrogen) atoms. The van der Waals surface area contributed by atoms with E-state index in [1.807, 2.05) is 64.1 Å². The van der Waals surface area contributed by atoms with E-state index in [1.165, 1.54) is 0 Å². The SMILES string of the molecule is Cc1cc(C)n(C(C)C(=O)Nc2ccc(NC(=O)C(C)(C)c3ccccc3)cc2Cl)n1. The molecule has 7 heteroatoms. The largest absolute Gasteiger partial charge is 0.325 e. The van der Waals surface area contributed by atoms with Gasteiger partial charge in [-0.25, -0.2) is 0 Å². The molecule has 0 saturated carbocycles. The van der Waals surface area contributed by atoms with Crippen LogP contribution >= 0.6 is 11.6 Å². The molecule has 0 spiro atoms. The number of amides is 2. The molecule has 1 atom stereocenters. The van der Waals surface area contributed by atoms with Crippen molar-refractivity contribution < 1.29 is 9.59 Å². The van der Waals surface area contributed by atoms with Gasteiger partial charge in [-0.1, -0.05) is 41.9 Å². The van der Waals surface area contributed by atoms with E-state index in [0.29, 0.717) is 16.4 Å². The minimum atomic E-state index is -0.712. The maximum Gasteiger partial charge on any atom is 0.248 e. The Hall–Kier alpha value is -3.12. The molecule has 1 aromatic heterocycles. The lowest BCUT2D eigenvalue weighted by atomic mass is 9.83. The smallest absolute Gasteiger partial charge is 0.248 e. The monoisotopic (exact) mass is 438 g/mol. The second kappa shape index (κ2) is 8.94. The van der Waals surface area contributed by atoms with Crippen molar-refractivity contribution in [3.63, 3.8) is 0 Å². The zero-order valence-electron chi connectivity index (χ0n) is 18.4. The quantitative estimate of drug-likeness (QED) is 0.550. The molecule has 1 unspecified atom stereocenters. The lowest BCUT2D eigenvalue weighted by Gasteiger charge is -2.24. The van der Waals surface area contributed by atoms with E-state index >= 15 is 0 Å². The van der Waals surface area contributed by atoms with Crippen LogP contribution in [0.1, 0.15) is 43.8 Å². The molecule has 2 N–H and O–H groups in total. The normalized spacial score (nSPS) is 12.3. The zero-order chi connectivity index (χ0) is 22.8. The van der Waals surface area contributed by atoms with E-state index in [9.17, 15) is 9.59 Å². The Balaban J connectivity index is 1.70. The van der Waals surface area contributed by atoms with Crippen molar-refractivity contribution in [1.29, 1.82) is 0 Å². The third kappa shape index (κ3) is 4.97. The summed E-state index contributed by atoms with van der Waals surface area (Å²) < 4.78 is 1.68. The standard InChI is InChI=1S/C24H27ClN4O2/c1-15-13-16(2)29(28-15)17(3)22(30)27-21-12-11-19(14-20(21)25)26-23(31)24(4,5)18-9-7-6-8-10-18/h6-14,17H,1-5H3,(H,26,31)(H,27,30). The molecular weight excluding hydrogens is 412 g/mol. The molecule has 0 bridgehead atoms. The lowest BCUT2D eigenvalue weighted by Crippen LogP contribution is -2.34. The number of aromatic nitrogens is 2. The molecule has 2 amide bonds. The number of rotatable bonds is 6. The van der Waals surface area contributed by atoms with Gasteiger partial charge >= 0.3 is 0 Å². The fourth-order valence-electron chi connectivity index (χ4n) is 3.35. The van der Waals surface area contributed by atoms with Gasteiger partial charge in [-0.3, -0.25) is 14.3 Å². The van der Waals surface area contributed by atoms with E-state index in [-0.39, 0.29) is 11.8 Å². The van der Waals surface area contributed by atoms with Crippen LogP contribution in [-0.4, -0.2) is 21.6 Å². The number of aryl methyl sites for hydroxylation is 2. The van der Waals surface area contributed by atoms with Gasteiger partial charge in [0.1, 0.15) is 6.04 Å². The maximum absolute atomic E-state index is 12.9. The molecule has 6 nitrogen and oxygen atoms in total. The summed E-state index contributed by atoms with van der Waals surface area (Å²) in [5.41, 5.74) is 3.00. The number of nitrogens with zero attached hydrogens (tertiary/aromatic N) is 2. The fraction of sp³-hybridized carbons (Fsp3) is 0.292. The summed E-state index contributed by atoms with van der Waals surface area (Å²) in [7, 11) is 0. The second-order valence-corrected chi connectivity index (χ2v) is 8.58. The Morgan fingerprint density at radius 1 is 1.03 bits per heavy atom. The van der Waals surface area contributed by atoms with Crippen LogP contribution in [0.15, 0.2) is 54.6 Å². The Kier molecular flexibility index (Phi) is 6.51. The van der Waals surface area contributed by atoms with Crippen LogP contribution in [0.4, 0.5) is 11.4 Å². The minimum absolute atomic E-state index is 0.148. The van der Waals surface area contributed by atoms with E-state index < -0.39 is 11.5 Å². The molecule has 1 heterocycles. The summed E-state index contributed by atoms with van der Waals surface area (Å²) in [6.07, 6.45) is 0. The molecule has 0 aliphatic carbocycles. The highest BCUT2D eigenvalue weighted by Gasteiger charge is 2.29. The fourth-order valence-corrected chi connectivity index (χ4v) is 3.58. The van der Waals surface area contributed by atoms with Crippen molar-refractivity contribution in [2.75, 3.05) is 10.6 Å². The van der Waals surface area contributed by atoms with Crippen molar-refractivity contribution in [3.05, 3.63) is 76.6 Å². The molecule has 0 aliphatic rings. The Morgan fingerprint density at radius 2 is 1.71 bits per heavy atom. The van der Waals surface area contributed by atoms with E-state index in [4.69, 9.17) is 11.6 Å². The number of hydrogen-bond donors (Lipinski definition) is 2. The molecule has 3 rings (SSSR count). The predicted molar refractivity (Wildman–Crippen MR) is 125 cm³/mol. The van der Waals surface area contributed by atoms with E-state index in [2.05, 4.69) is 15.7 Å². The number of nitrogens with one attached hydrogen (secondary N) is 2. The lowest BCUT2D eigenvalue weighted by molar-refractivity contribution is -0.120. The van der Waals surface area contributed by atoms with Gasteiger partial charge in [0, 0.05) is 11.4 Å². The van der Waals surface area contributed by atoms with Gasteiger partial charge in [0.25, 0.3) is 0 Å². The molecular formula is C24H27ClN4O2. The van der Waals surface area contributed by atoms with Crippen LogP contribution in [0, 0.1) is 13.8 Å². The van der Waals surface area contributed by atoms with Crippen LogP contribution < -0.4 is 10.6 Å². The maximum atomic E-state index is 12.9. The van der Waals surface area contributed by atoms with Gasteiger partial charge in [0.2, 0.25) is 11.8 Å². The summed E-state index contributed by atoms with van der Waals surface area (Å²) in [5.74, 6) is -0.375. The average Bonchev–Trinajstić information content (AvgIpc) is 3.07. The van der Waals surface area contributed by atoms with Crippen molar-refractivity contribution in [2.24, 2.45) is 0 Å². The average molecular weight is 439 g/mol. The van der Waals surface area contributed by atoms with Gasteiger partial charge in [0.15, 0.2) is 0 Å². The Morgan fingerprint density at radius 3 is 2.29 bits per heavy atom. The number of hydrogen-bond acceptors (Lipinski definition) is 3. The van der Waals surface area contributed by atoms with Gasteiger partial charge in [-0.2, -0.15) is 5.10 Å². The Bertz CT molecular complexity index is 1110. The van der Waals surface area contributed by atoms with Crippen LogP contribution in [0.2, 0.25) is 5.02 Å². The Labute approximate surface area is 187 Å². The first-order valence-electron chi connectivity index (χ1n) is 10.1. The highest BCUT2D eigenvalue weighted by atomic mass is 35.5. The number of anilines is 2. The molecule has 0 aliphatic heterocycles. The number of carbonyl (C=O) groups is 2. The topological polar surface area (TPSA) is 76.0 Å². The van der Waals surface area contributed by atoms with Crippen molar-refractivity contribution in [2.45, 2.75) is 46.1 Å². The van der Waals surface area contributed by atoms with Crippen LogP contribution in [0.5, 0.6) is 0 Å². The van der Waals surface area contributed by atoms with Gasteiger partial charge in [-0.15, -0.1) is 0 Å². The summed E-state index contributed by atoms with van der Waals surface area (Å²) in [6.45, 7) is 9.31. The van der Waals surface area contributed by atoms with E-state index in [0.717, 1.165) is 17.0 Å². The zero-order valence-corrected chi connectivity index (χ0v) is 19.1. The van der Waals surface area contributed by atoms with Gasteiger partial charge < -0.3 is 10.6 Å². The van der Waals surface area contributed by atoms with Crippen LogP contribution in [-0.2, 0) is 15.0 Å². The summed E-state index contributed by atoms with van der Waals surface area (Å²) in [5, 5.41) is 10.5. The highest BCUT2D eigenvalue weighted by Crippen LogP contribution is 2.29. The van der Waals surface area contributed by atoms with Gasteiger partial charge in [-0.05, 0) is 64.4 Å². The summed E-state index contributed by atoms with van der Waals surface area (Å²) >= 11 is 6.39. The second-order valence-electron chi connectivity index (χ2n) is 8.18. The summed E-state index contributed by atoms with van der Waals surface area (Å²) in [6, 6.07) is 16.0. The molecule has 0 saturated heterocycles. The minimum Gasteiger partial charge on any atom is -0.325 e. The van der Waals surface area contributed by atoms with Gasteiger partial charge in [0.05, 0.1) is 21.8 Å². The third-order valence-corrected chi connectivity index (χ3v) is 5.65. The first-order chi connectivity index (χ1) is 14.6. The molecule has 2 aromatic carbocycles. The third-order valence-electron chi connectivity index (χ3n) is 5.34. The molecule has 0 radical (unpaired) electrons. The van der Waals surface area contributed by atoms with E-state index in [1.54, 1.807) is 29.8 Å². The van der Waals surface area contributed by atoms with Crippen LogP contribution in [0.25, 0.3) is 0 Å². The van der Waals surface area contributed by atoms with Crippen molar-refractivity contribution >= 4 is 34.8 Å². The predicted octanol–water partition coefficient (Wildman–Crippen LogP) is 5.27. The first kappa shape index (κ1) is 22.6. The number of carbonyl (C=O) groups excluding carboxylic acids is 2. The molecule has 0 fully saturated rings. The summed E-state index contributed by atoms with van der Waals surface area (Å²) in [4.78, 5) is 25.5. The number of halogens is 1. The van der Waals surface area contributed by atoms with Crippen LogP contribution in [0.3, 0.4) is 0 Å². The molecule has 3 aromatic rings. The van der Waals surface area contributed by atoms with Crippen molar-refractivity contribution in [3.8, 4) is 0 Å². The number of benzene rings is 2. The molecule has 162 valence electrons. The highest BCUT2D eigenvalue weighted by molar-refractivity contribution is 6.34.